The van der Waals surface area contributed by atoms with Gasteiger partial charge >= 0.3 is 0 Å². The lowest BCUT2D eigenvalue weighted by Gasteiger charge is -1.99. The quantitative estimate of drug-likeness (QED) is 0.585. The van der Waals surface area contributed by atoms with E-state index in [1.54, 1.807) is 12.1 Å². The van der Waals surface area contributed by atoms with Gasteiger partial charge in [0.15, 0.2) is 0 Å². The molecule has 0 radical (unpaired) electrons. The summed E-state index contributed by atoms with van der Waals surface area (Å²) in [5, 5.41) is 3.54. The van der Waals surface area contributed by atoms with E-state index in [0.29, 0.717) is 12.1 Å². The molecule has 0 aliphatic carbocycles. The number of benzene rings is 1. The lowest BCUT2D eigenvalue weighted by atomic mass is 10.1. The molecule has 0 bridgehead atoms. The Morgan fingerprint density at radius 1 is 1.33 bits per heavy atom. The topological polar surface area (TPSA) is 49.7 Å². The van der Waals surface area contributed by atoms with E-state index < -0.39 is 0 Å². The first kappa shape index (κ1) is 6.97. The van der Waals surface area contributed by atoms with Crippen LogP contribution in [0.15, 0.2) is 29.6 Å². The van der Waals surface area contributed by atoms with E-state index in [9.17, 15) is 9.70 Å². The third-order valence-corrected chi connectivity index (χ3v) is 1.90. The first-order valence-electron chi connectivity index (χ1n) is 3.56. The average molecular weight is 162 g/mol. The molecule has 1 aliphatic rings. The van der Waals surface area contributed by atoms with E-state index in [2.05, 4.69) is 5.29 Å². The number of amides is 1. The standard InChI is InChI=1S/C8H6N2O2/c11-8-7-4-2-1-3-6(7)5-10(8)9-12/h1-4H,5H2. The van der Waals surface area contributed by atoms with Crippen molar-refractivity contribution in [2.45, 2.75) is 6.54 Å². The Morgan fingerprint density at radius 3 is 2.75 bits per heavy atom. The molecule has 0 N–H and O–H groups in total. The second kappa shape index (κ2) is 2.41. The van der Waals surface area contributed by atoms with E-state index in [-0.39, 0.29) is 5.91 Å². The molecule has 2 rings (SSSR count). The Labute approximate surface area is 68.7 Å². The van der Waals surface area contributed by atoms with Gasteiger partial charge in [0.2, 0.25) is 0 Å². The molecule has 1 aliphatic heterocycles. The molecule has 60 valence electrons. The number of carbonyl (C=O) groups is 1. The van der Waals surface area contributed by atoms with Gasteiger partial charge in [-0.1, -0.05) is 18.2 Å². The van der Waals surface area contributed by atoms with Gasteiger partial charge in [0.1, 0.15) is 0 Å². The van der Waals surface area contributed by atoms with Gasteiger partial charge in [0.05, 0.1) is 11.8 Å². The number of carbonyl (C=O) groups excluding carboxylic acids is 1. The molecule has 4 nitrogen and oxygen atoms in total. The van der Waals surface area contributed by atoms with Crippen molar-refractivity contribution in [2.75, 3.05) is 0 Å². The highest BCUT2D eigenvalue weighted by molar-refractivity contribution is 5.97. The number of hydrogen-bond donors (Lipinski definition) is 0. The molecule has 4 heteroatoms. The minimum absolute atomic E-state index is 0.304. The van der Waals surface area contributed by atoms with Crippen LogP contribution >= 0.6 is 0 Å². The van der Waals surface area contributed by atoms with Crippen molar-refractivity contribution in [3.63, 3.8) is 0 Å². The van der Waals surface area contributed by atoms with Gasteiger partial charge in [-0.3, -0.25) is 4.79 Å². The summed E-state index contributed by atoms with van der Waals surface area (Å²) < 4.78 is 0. The summed E-state index contributed by atoms with van der Waals surface area (Å²) in [5.41, 5.74) is 1.44. The average Bonchev–Trinajstić information content (AvgIpc) is 2.44. The third kappa shape index (κ3) is 0.812. The number of hydrogen-bond acceptors (Lipinski definition) is 3. The second-order valence-electron chi connectivity index (χ2n) is 2.60. The lowest BCUT2D eigenvalue weighted by Crippen LogP contribution is -2.15. The molecule has 0 spiro atoms. The molecular formula is C8H6N2O2. The number of rotatable bonds is 1. The zero-order chi connectivity index (χ0) is 8.55. The van der Waals surface area contributed by atoms with Crippen LogP contribution in [-0.4, -0.2) is 10.9 Å². The zero-order valence-electron chi connectivity index (χ0n) is 6.23. The molecule has 0 saturated heterocycles. The fourth-order valence-corrected chi connectivity index (χ4v) is 1.30. The van der Waals surface area contributed by atoms with Crippen molar-refractivity contribution >= 4 is 5.91 Å². The third-order valence-electron chi connectivity index (χ3n) is 1.90. The van der Waals surface area contributed by atoms with Crippen LogP contribution < -0.4 is 0 Å². The van der Waals surface area contributed by atoms with Gasteiger partial charge in [-0.25, -0.2) is 0 Å². The molecule has 1 aromatic carbocycles. The highest BCUT2D eigenvalue weighted by atomic mass is 16.3. The van der Waals surface area contributed by atoms with Crippen LogP contribution in [0.1, 0.15) is 15.9 Å². The van der Waals surface area contributed by atoms with E-state index in [1.165, 1.54) is 0 Å². The van der Waals surface area contributed by atoms with Gasteiger partial charge in [-0.2, -0.15) is 5.01 Å². The Balaban J connectivity index is 2.49. The maximum atomic E-state index is 11.3. The van der Waals surface area contributed by atoms with Crippen molar-refractivity contribution in [3.05, 3.63) is 40.3 Å². The summed E-state index contributed by atoms with van der Waals surface area (Å²) >= 11 is 0. The summed E-state index contributed by atoms with van der Waals surface area (Å²) in [6, 6.07) is 7.12. The smallest absolute Gasteiger partial charge is 0.267 e. The molecule has 1 aromatic rings. The first-order valence-corrected chi connectivity index (χ1v) is 3.56. The molecule has 0 fully saturated rings. The number of nitrogens with zero attached hydrogens (tertiary/aromatic N) is 2. The second-order valence-corrected chi connectivity index (χ2v) is 2.60. The van der Waals surface area contributed by atoms with Crippen molar-refractivity contribution < 1.29 is 4.79 Å². The summed E-state index contributed by atoms with van der Waals surface area (Å²) in [4.78, 5) is 21.4. The largest absolute Gasteiger partial charge is 0.277 e. The predicted molar refractivity (Wildman–Crippen MR) is 42.1 cm³/mol. The predicted octanol–water partition coefficient (Wildman–Crippen LogP) is 1.32. The van der Waals surface area contributed by atoms with Gasteiger partial charge in [0, 0.05) is 5.56 Å². The molecule has 0 saturated carbocycles. The Hall–Kier alpha value is -1.71. The van der Waals surface area contributed by atoms with Crippen LogP contribution in [0.25, 0.3) is 0 Å². The van der Waals surface area contributed by atoms with E-state index in [4.69, 9.17) is 0 Å². The van der Waals surface area contributed by atoms with Crippen LogP contribution in [0.2, 0.25) is 0 Å². The minimum atomic E-state index is -0.305. The lowest BCUT2D eigenvalue weighted by molar-refractivity contribution is 0.0780. The van der Waals surface area contributed by atoms with Crippen LogP contribution in [0.5, 0.6) is 0 Å². The fraction of sp³-hybridized carbons (Fsp3) is 0.125. The van der Waals surface area contributed by atoms with Gasteiger partial charge in [0.25, 0.3) is 5.91 Å². The van der Waals surface area contributed by atoms with Gasteiger partial charge < -0.3 is 0 Å². The zero-order valence-corrected chi connectivity index (χ0v) is 6.23. The highest BCUT2D eigenvalue weighted by Crippen LogP contribution is 2.21. The summed E-state index contributed by atoms with van der Waals surface area (Å²) in [6.45, 7) is 0.304. The molecule has 1 amide bonds. The molecule has 0 unspecified atom stereocenters. The van der Waals surface area contributed by atoms with Crippen molar-refractivity contribution in [1.82, 2.24) is 5.01 Å². The van der Waals surface area contributed by atoms with Crippen molar-refractivity contribution in [1.29, 1.82) is 0 Å². The summed E-state index contributed by atoms with van der Waals surface area (Å²) in [7, 11) is 0. The summed E-state index contributed by atoms with van der Waals surface area (Å²) in [6.07, 6.45) is 0. The fourth-order valence-electron chi connectivity index (χ4n) is 1.30. The van der Waals surface area contributed by atoms with Crippen LogP contribution in [0, 0.1) is 4.91 Å². The van der Waals surface area contributed by atoms with Gasteiger partial charge in [-0.15, -0.1) is 4.91 Å². The van der Waals surface area contributed by atoms with E-state index >= 15 is 0 Å². The van der Waals surface area contributed by atoms with E-state index in [1.807, 2.05) is 12.1 Å². The Morgan fingerprint density at radius 2 is 2.08 bits per heavy atom. The van der Waals surface area contributed by atoms with Crippen molar-refractivity contribution in [2.24, 2.45) is 5.29 Å². The molecule has 12 heavy (non-hydrogen) atoms. The van der Waals surface area contributed by atoms with Crippen LogP contribution in [0.4, 0.5) is 0 Å². The maximum absolute atomic E-state index is 11.3. The number of nitroso groups, excluding NO2 is 1. The van der Waals surface area contributed by atoms with Crippen LogP contribution in [-0.2, 0) is 6.54 Å². The van der Waals surface area contributed by atoms with Crippen molar-refractivity contribution in [3.8, 4) is 0 Å². The molecule has 0 atom stereocenters. The maximum Gasteiger partial charge on any atom is 0.277 e. The minimum Gasteiger partial charge on any atom is -0.267 e. The summed E-state index contributed by atoms with van der Waals surface area (Å²) in [5.74, 6) is -0.305. The molecule has 1 heterocycles. The Bertz CT molecular complexity index is 349. The SMILES string of the molecule is O=NN1Cc2ccccc2C1=O. The normalized spacial score (nSPS) is 14.7. The first-order chi connectivity index (χ1) is 5.83. The molecular weight excluding hydrogens is 156 g/mol. The van der Waals surface area contributed by atoms with Crippen LogP contribution in [0.3, 0.4) is 0 Å². The van der Waals surface area contributed by atoms with E-state index in [0.717, 1.165) is 10.6 Å². The number of fused-ring (bicyclic) bond motifs is 1. The highest BCUT2D eigenvalue weighted by Gasteiger charge is 2.27. The monoisotopic (exact) mass is 162 g/mol. The Kier molecular flexibility index (Phi) is 1.40. The molecule has 0 aromatic heterocycles. The van der Waals surface area contributed by atoms with Gasteiger partial charge in [-0.05, 0) is 11.6 Å².